The summed E-state index contributed by atoms with van der Waals surface area (Å²) in [4.78, 5) is 4.25. The van der Waals surface area contributed by atoms with Crippen LogP contribution in [-0.4, -0.2) is 31.8 Å². The molecule has 0 aliphatic carbocycles. The van der Waals surface area contributed by atoms with Crippen molar-refractivity contribution in [2.45, 2.75) is 11.4 Å². The van der Waals surface area contributed by atoms with Crippen molar-refractivity contribution in [2.24, 2.45) is 0 Å². The molecule has 5 nitrogen and oxygen atoms in total. The number of halogens is 1. The van der Waals surface area contributed by atoms with Gasteiger partial charge in [-0.05, 0) is 39.0 Å². The Morgan fingerprint density at radius 1 is 1.45 bits per heavy atom. The Balaban J connectivity index is 2.24. The Hall–Kier alpha value is -0.960. The highest BCUT2D eigenvalue weighted by molar-refractivity contribution is 9.11. The lowest BCUT2D eigenvalue weighted by atomic mass is 10.3. The third-order valence-corrected chi connectivity index (χ3v) is 6.08. The SMILES string of the molecule is CNc1cc(S(=O)(=O)N(C)Cc2csc(Br)c2)ccn1. The van der Waals surface area contributed by atoms with E-state index in [1.807, 2.05) is 11.4 Å². The normalized spacial score (nSPS) is 11.8. The van der Waals surface area contributed by atoms with E-state index in [0.29, 0.717) is 12.4 Å². The highest BCUT2D eigenvalue weighted by atomic mass is 79.9. The van der Waals surface area contributed by atoms with E-state index in [2.05, 4.69) is 26.2 Å². The summed E-state index contributed by atoms with van der Waals surface area (Å²) in [5.41, 5.74) is 0.954. The molecule has 0 saturated carbocycles. The predicted octanol–water partition coefficient (Wildman–Crippen LogP) is 2.77. The van der Waals surface area contributed by atoms with Crippen LogP contribution in [0, 0.1) is 0 Å². The van der Waals surface area contributed by atoms with Gasteiger partial charge in [-0.3, -0.25) is 0 Å². The molecular weight excluding hydrogens is 362 g/mol. The Kier molecular flexibility index (Phi) is 4.79. The van der Waals surface area contributed by atoms with Gasteiger partial charge in [0.1, 0.15) is 5.82 Å². The Labute approximate surface area is 130 Å². The van der Waals surface area contributed by atoms with Crippen LogP contribution in [0.3, 0.4) is 0 Å². The zero-order valence-electron chi connectivity index (χ0n) is 11.0. The molecule has 0 aromatic carbocycles. The van der Waals surface area contributed by atoms with Gasteiger partial charge in [0.25, 0.3) is 0 Å². The van der Waals surface area contributed by atoms with Gasteiger partial charge in [-0.1, -0.05) is 0 Å². The Morgan fingerprint density at radius 2 is 2.20 bits per heavy atom. The van der Waals surface area contributed by atoms with Gasteiger partial charge in [0.2, 0.25) is 10.0 Å². The minimum absolute atomic E-state index is 0.230. The van der Waals surface area contributed by atoms with Gasteiger partial charge in [-0.2, -0.15) is 4.31 Å². The first-order chi connectivity index (χ1) is 9.43. The first-order valence-corrected chi connectivity index (χ1v) is 8.88. The first-order valence-electron chi connectivity index (χ1n) is 5.76. The number of pyridine rings is 1. The van der Waals surface area contributed by atoms with Crippen LogP contribution in [0.1, 0.15) is 5.56 Å². The quantitative estimate of drug-likeness (QED) is 0.872. The monoisotopic (exact) mass is 375 g/mol. The zero-order valence-corrected chi connectivity index (χ0v) is 14.2. The van der Waals surface area contributed by atoms with Gasteiger partial charge >= 0.3 is 0 Å². The molecule has 0 saturated heterocycles. The lowest BCUT2D eigenvalue weighted by Gasteiger charge is -2.16. The van der Waals surface area contributed by atoms with E-state index in [1.165, 1.54) is 34.0 Å². The van der Waals surface area contributed by atoms with Gasteiger partial charge in [-0.15, -0.1) is 11.3 Å². The summed E-state index contributed by atoms with van der Waals surface area (Å²) >= 11 is 4.90. The number of hydrogen-bond acceptors (Lipinski definition) is 5. The van der Waals surface area contributed by atoms with Crippen LogP contribution in [0.25, 0.3) is 0 Å². The molecule has 0 amide bonds. The van der Waals surface area contributed by atoms with Crippen LogP contribution in [0.4, 0.5) is 5.82 Å². The molecule has 2 aromatic heterocycles. The predicted molar refractivity (Wildman–Crippen MR) is 84.5 cm³/mol. The number of aromatic nitrogens is 1. The summed E-state index contributed by atoms with van der Waals surface area (Å²) in [7, 11) is -0.248. The maximum Gasteiger partial charge on any atom is 0.243 e. The van der Waals surface area contributed by atoms with Crippen molar-refractivity contribution in [3.8, 4) is 0 Å². The highest BCUT2D eigenvalue weighted by Crippen LogP contribution is 2.24. The summed E-state index contributed by atoms with van der Waals surface area (Å²) < 4.78 is 27.3. The molecule has 0 atom stereocenters. The van der Waals surface area contributed by atoms with E-state index < -0.39 is 10.0 Å². The number of nitrogens with one attached hydrogen (secondary N) is 1. The summed E-state index contributed by atoms with van der Waals surface area (Å²) in [5, 5.41) is 4.77. The Bertz CT molecular complexity index is 700. The second kappa shape index (κ2) is 6.21. The molecule has 0 unspecified atom stereocenters. The molecule has 0 aliphatic rings. The van der Waals surface area contributed by atoms with E-state index in [1.54, 1.807) is 14.1 Å². The smallest absolute Gasteiger partial charge is 0.243 e. The maximum atomic E-state index is 12.5. The molecule has 0 spiro atoms. The van der Waals surface area contributed by atoms with Crippen molar-refractivity contribution in [1.82, 2.24) is 9.29 Å². The van der Waals surface area contributed by atoms with Crippen LogP contribution in [0.2, 0.25) is 0 Å². The maximum absolute atomic E-state index is 12.5. The lowest BCUT2D eigenvalue weighted by Crippen LogP contribution is -2.26. The van der Waals surface area contributed by atoms with E-state index in [0.717, 1.165) is 9.35 Å². The van der Waals surface area contributed by atoms with Crippen LogP contribution in [-0.2, 0) is 16.6 Å². The van der Waals surface area contributed by atoms with Gasteiger partial charge in [0.05, 0.1) is 8.68 Å². The summed E-state index contributed by atoms with van der Waals surface area (Å²) in [6, 6.07) is 4.94. The number of anilines is 1. The molecule has 1 N–H and O–H groups in total. The highest BCUT2D eigenvalue weighted by Gasteiger charge is 2.21. The second-order valence-electron chi connectivity index (χ2n) is 4.15. The largest absolute Gasteiger partial charge is 0.373 e. The van der Waals surface area contributed by atoms with Gasteiger partial charge < -0.3 is 5.32 Å². The lowest BCUT2D eigenvalue weighted by molar-refractivity contribution is 0.467. The first kappa shape index (κ1) is 15.4. The Morgan fingerprint density at radius 3 is 2.80 bits per heavy atom. The van der Waals surface area contributed by atoms with Crippen molar-refractivity contribution in [1.29, 1.82) is 0 Å². The van der Waals surface area contributed by atoms with E-state index >= 15 is 0 Å². The van der Waals surface area contributed by atoms with E-state index in [9.17, 15) is 8.42 Å². The van der Waals surface area contributed by atoms with Gasteiger partial charge in [0, 0.05) is 32.9 Å². The van der Waals surface area contributed by atoms with Crippen molar-refractivity contribution >= 4 is 43.1 Å². The zero-order chi connectivity index (χ0) is 14.8. The second-order valence-corrected chi connectivity index (χ2v) is 8.48. The molecule has 108 valence electrons. The number of nitrogens with zero attached hydrogens (tertiary/aromatic N) is 2. The number of rotatable bonds is 5. The van der Waals surface area contributed by atoms with Crippen LogP contribution >= 0.6 is 27.3 Å². The minimum Gasteiger partial charge on any atom is -0.373 e. The van der Waals surface area contributed by atoms with E-state index in [-0.39, 0.29) is 4.90 Å². The van der Waals surface area contributed by atoms with Crippen molar-refractivity contribution in [2.75, 3.05) is 19.4 Å². The molecule has 0 bridgehead atoms. The van der Waals surface area contributed by atoms with Crippen molar-refractivity contribution < 1.29 is 8.42 Å². The number of hydrogen-bond donors (Lipinski definition) is 1. The molecule has 2 rings (SSSR count). The fraction of sp³-hybridized carbons (Fsp3) is 0.250. The standard InChI is InChI=1S/C12H14BrN3O2S2/c1-14-12-6-10(3-4-15-12)20(17,18)16(2)7-9-5-11(13)19-8-9/h3-6,8H,7H2,1-2H3,(H,14,15). The van der Waals surface area contributed by atoms with Gasteiger partial charge in [0.15, 0.2) is 0 Å². The fourth-order valence-electron chi connectivity index (χ4n) is 1.66. The minimum atomic E-state index is -3.52. The van der Waals surface area contributed by atoms with E-state index in [4.69, 9.17) is 0 Å². The summed E-state index contributed by atoms with van der Waals surface area (Å²) in [6.07, 6.45) is 1.48. The van der Waals surface area contributed by atoms with Crippen molar-refractivity contribution in [3.63, 3.8) is 0 Å². The third kappa shape index (κ3) is 3.38. The van der Waals surface area contributed by atoms with Crippen LogP contribution in [0.15, 0.2) is 38.5 Å². The summed E-state index contributed by atoms with van der Waals surface area (Å²) in [6.45, 7) is 0.335. The fourth-order valence-corrected chi connectivity index (χ4v) is 4.03. The molecule has 20 heavy (non-hydrogen) atoms. The van der Waals surface area contributed by atoms with Crippen LogP contribution < -0.4 is 5.32 Å². The third-order valence-electron chi connectivity index (χ3n) is 2.72. The molecule has 2 heterocycles. The molecule has 2 aromatic rings. The average molecular weight is 376 g/mol. The summed E-state index contributed by atoms with van der Waals surface area (Å²) in [5.74, 6) is 0.526. The average Bonchev–Trinajstić information content (AvgIpc) is 2.84. The number of thiophene rings is 1. The van der Waals surface area contributed by atoms with Gasteiger partial charge in [-0.25, -0.2) is 13.4 Å². The topological polar surface area (TPSA) is 62.3 Å². The number of sulfonamides is 1. The molecule has 8 heteroatoms. The molecule has 0 radical (unpaired) electrons. The molecule has 0 fully saturated rings. The molecular formula is C12H14BrN3O2S2. The van der Waals surface area contributed by atoms with Crippen LogP contribution in [0.5, 0.6) is 0 Å². The van der Waals surface area contributed by atoms with Crippen molar-refractivity contribution in [3.05, 3.63) is 39.1 Å². The molecule has 0 aliphatic heterocycles.